The normalized spacial score (nSPS) is 25.3. The van der Waals surface area contributed by atoms with Crippen LogP contribution in [-0.2, 0) is 9.53 Å². The van der Waals surface area contributed by atoms with Crippen molar-refractivity contribution in [3.63, 3.8) is 0 Å². The van der Waals surface area contributed by atoms with E-state index >= 15 is 0 Å². The van der Waals surface area contributed by atoms with Crippen molar-refractivity contribution in [2.24, 2.45) is 11.3 Å². The maximum Gasteiger partial charge on any atom is 0.330 e. The summed E-state index contributed by atoms with van der Waals surface area (Å²) in [7, 11) is 0. The lowest BCUT2D eigenvalue weighted by molar-refractivity contribution is -0.162. The number of hydrogen-bond donors (Lipinski definition) is 1. The van der Waals surface area contributed by atoms with Gasteiger partial charge < -0.3 is 9.84 Å². The molecule has 0 saturated carbocycles. The highest BCUT2D eigenvalue weighted by atomic mass is 19.1. The summed E-state index contributed by atoms with van der Waals surface area (Å²) in [4.78, 5) is 11.5. The molecule has 21 heavy (non-hydrogen) atoms. The lowest BCUT2D eigenvalue weighted by Gasteiger charge is -2.39. The van der Waals surface area contributed by atoms with E-state index in [1.807, 2.05) is 20.8 Å². The first kappa shape index (κ1) is 15.7. The Balaban J connectivity index is 2.25. The van der Waals surface area contributed by atoms with Gasteiger partial charge >= 0.3 is 5.97 Å². The predicted octanol–water partition coefficient (Wildman–Crippen LogP) is 3.20. The summed E-state index contributed by atoms with van der Waals surface area (Å²) in [5.41, 5.74) is 0.127. The molecule has 1 aliphatic rings. The van der Waals surface area contributed by atoms with Gasteiger partial charge in [0, 0.05) is 12.0 Å². The molecule has 1 aliphatic heterocycles. The molecule has 1 aromatic carbocycles. The summed E-state index contributed by atoms with van der Waals surface area (Å²) in [5.74, 6) is -0.785. The van der Waals surface area contributed by atoms with Crippen LogP contribution < -0.4 is 0 Å². The molecule has 1 N–H and O–H groups in total. The summed E-state index contributed by atoms with van der Waals surface area (Å²) < 4.78 is 19.8. The van der Waals surface area contributed by atoms with Crippen LogP contribution >= 0.6 is 0 Å². The third-order valence-electron chi connectivity index (χ3n) is 3.80. The van der Waals surface area contributed by atoms with Gasteiger partial charge in [-0.3, -0.25) is 0 Å². The van der Waals surface area contributed by atoms with Gasteiger partial charge in [-0.2, -0.15) is 0 Å². The second kappa shape index (κ2) is 5.98. The van der Waals surface area contributed by atoms with Crippen LogP contribution in [0.3, 0.4) is 0 Å². The zero-order chi connectivity index (χ0) is 15.6. The highest BCUT2D eigenvalue weighted by Gasteiger charge is 2.42. The third-order valence-corrected chi connectivity index (χ3v) is 3.80. The van der Waals surface area contributed by atoms with Gasteiger partial charge in [0.25, 0.3) is 0 Å². The van der Waals surface area contributed by atoms with Crippen LogP contribution in [0.25, 0.3) is 0 Å². The van der Waals surface area contributed by atoms with E-state index in [0.717, 1.165) is 0 Å². The molecule has 0 unspecified atom stereocenters. The van der Waals surface area contributed by atoms with Crippen LogP contribution in [0.1, 0.15) is 32.5 Å². The van der Waals surface area contributed by atoms with E-state index in [-0.39, 0.29) is 11.3 Å². The minimum Gasteiger partial charge on any atom is -0.456 e. The summed E-state index contributed by atoms with van der Waals surface area (Å²) >= 11 is 0. The molecule has 0 aromatic heterocycles. The molecule has 0 bridgehead atoms. The van der Waals surface area contributed by atoms with Crippen molar-refractivity contribution in [1.29, 1.82) is 0 Å². The van der Waals surface area contributed by atoms with Crippen LogP contribution in [0.15, 0.2) is 42.5 Å². The van der Waals surface area contributed by atoms with Gasteiger partial charge in [0.2, 0.25) is 0 Å². The number of aliphatic hydroxyl groups excluding tert-OH is 1. The second-order valence-corrected chi connectivity index (χ2v) is 6.46. The van der Waals surface area contributed by atoms with Crippen molar-refractivity contribution < 1.29 is 19.0 Å². The standard InChI is InChI=1S/C17H21FO3/c1-17(2,3)12-9-10-13(19)21-16(12)15(20)14(18)11-7-5-4-6-8-11/h4-10,12,14-16,20H,1-3H3/t12-,14+,15-,16+/m0/s1. The molecule has 0 aliphatic carbocycles. The molecular formula is C17H21FO3. The smallest absolute Gasteiger partial charge is 0.330 e. The van der Waals surface area contributed by atoms with Gasteiger partial charge in [-0.05, 0) is 11.0 Å². The summed E-state index contributed by atoms with van der Waals surface area (Å²) in [6.45, 7) is 5.91. The Morgan fingerprint density at radius 2 is 1.86 bits per heavy atom. The minimum absolute atomic E-state index is 0.243. The Hall–Kier alpha value is -1.68. The summed E-state index contributed by atoms with van der Waals surface area (Å²) in [6, 6.07) is 8.43. The number of cyclic esters (lactones) is 1. The van der Waals surface area contributed by atoms with Gasteiger partial charge in [0.1, 0.15) is 12.2 Å². The fraction of sp³-hybridized carbons (Fsp3) is 0.471. The van der Waals surface area contributed by atoms with E-state index in [9.17, 15) is 14.3 Å². The molecule has 4 heteroatoms. The molecule has 1 aromatic rings. The van der Waals surface area contributed by atoms with Crippen LogP contribution in [0.2, 0.25) is 0 Å². The van der Waals surface area contributed by atoms with Crippen molar-refractivity contribution in [3.8, 4) is 0 Å². The lowest BCUT2D eigenvalue weighted by Crippen LogP contribution is -2.46. The van der Waals surface area contributed by atoms with Gasteiger partial charge in [0.05, 0.1) is 0 Å². The maximum absolute atomic E-state index is 14.5. The average Bonchev–Trinajstić information content (AvgIpc) is 2.45. The molecule has 0 amide bonds. The average molecular weight is 292 g/mol. The Bertz CT molecular complexity index is 519. The number of aliphatic hydroxyl groups is 1. The predicted molar refractivity (Wildman–Crippen MR) is 78.3 cm³/mol. The molecule has 0 fully saturated rings. The van der Waals surface area contributed by atoms with Crippen molar-refractivity contribution in [3.05, 3.63) is 48.0 Å². The highest BCUT2D eigenvalue weighted by Crippen LogP contribution is 2.38. The molecule has 0 saturated heterocycles. The monoisotopic (exact) mass is 292 g/mol. The number of carbonyl (C=O) groups excluding carboxylic acids is 1. The fourth-order valence-corrected chi connectivity index (χ4v) is 2.60. The summed E-state index contributed by atoms with van der Waals surface area (Å²) in [5, 5.41) is 10.4. The molecule has 0 spiro atoms. The zero-order valence-electron chi connectivity index (χ0n) is 12.5. The van der Waals surface area contributed by atoms with Crippen LogP contribution in [0.4, 0.5) is 4.39 Å². The highest BCUT2D eigenvalue weighted by molar-refractivity contribution is 5.83. The van der Waals surface area contributed by atoms with Crippen LogP contribution in [0, 0.1) is 11.3 Å². The lowest BCUT2D eigenvalue weighted by atomic mass is 9.74. The number of benzene rings is 1. The van der Waals surface area contributed by atoms with Crippen molar-refractivity contribution in [2.75, 3.05) is 0 Å². The number of rotatable bonds is 3. The van der Waals surface area contributed by atoms with E-state index in [0.29, 0.717) is 5.56 Å². The minimum atomic E-state index is -1.60. The Labute approximate surface area is 124 Å². The number of carbonyl (C=O) groups is 1. The second-order valence-electron chi connectivity index (χ2n) is 6.46. The first-order valence-electron chi connectivity index (χ1n) is 7.06. The number of hydrogen-bond acceptors (Lipinski definition) is 3. The van der Waals surface area contributed by atoms with E-state index < -0.39 is 24.3 Å². The Morgan fingerprint density at radius 1 is 1.24 bits per heavy atom. The van der Waals surface area contributed by atoms with E-state index in [2.05, 4.69) is 0 Å². The third kappa shape index (κ3) is 3.50. The zero-order valence-corrected chi connectivity index (χ0v) is 12.5. The van der Waals surface area contributed by atoms with Crippen molar-refractivity contribution >= 4 is 5.97 Å². The van der Waals surface area contributed by atoms with Gasteiger partial charge in [-0.25, -0.2) is 9.18 Å². The van der Waals surface area contributed by atoms with Gasteiger partial charge in [-0.15, -0.1) is 0 Å². The van der Waals surface area contributed by atoms with Crippen molar-refractivity contribution in [2.45, 2.75) is 39.2 Å². The molecule has 4 atom stereocenters. The molecule has 3 nitrogen and oxygen atoms in total. The topological polar surface area (TPSA) is 46.5 Å². The van der Waals surface area contributed by atoms with E-state index in [4.69, 9.17) is 4.74 Å². The quantitative estimate of drug-likeness (QED) is 0.870. The number of esters is 1. The Morgan fingerprint density at radius 3 is 2.43 bits per heavy atom. The van der Waals surface area contributed by atoms with Crippen molar-refractivity contribution in [1.82, 2.24) is 0 Å². The van der Waals surface area contributed by atoms with E-state index in [1.54, 1.807) is 36.4 Å². The van der Waals surface area contributed by atoms with Crippen LogP contribution in [-0.4, -0.2) is 23.3 Å². The number of ether oxygens (including phenoxy) is 1. The maximum atomic E-state index is 14.5. The van der Waals surface area contributed by atoms with E-state index in [1.165, 1.54) is 6.08 Å². The largest absolute Gasteiger partial charge is 0.456 e. The first-order valence-corrected chi connectivity index (χ1v) is 7.06. The first-order chi connectivity index (χ1) is 9.80. The molecule has 1 heterocycles. The molecule has 2 rings (SSSR count). The fourth-order valence-electron chi connectivity index (χ4n) is 2.60. The van der Waals surface area contributed by atoms with Gasteiger partial charge in [-0.1, -0.05) is 57.2 Å². The summed E-state index contributed by atoms with van der Waals surface area (Å²) in [6.07, 6.45) is -0.838. The number of alkyl halides is 1. The molecular weight excluding hydrogens is 271 g/mol. The van der Waals surface area contributed by atoms with Gasteiger partial charge in [0.15, 0.2) is 6.17 Å². The van der Waals surface area contributed by atoms with Crippen LogP contribution in [0.5, 0.6) is 0 Å². The number of halogens is 1. The molecule has 0 radical (unpaired) electrons. The Kier molecular flexibility index (Phi) is 4.47. The molecule has 114 valence electrons. The SMILES string of the molecule is CC(C)(C)[C@H]1C=CC(=O)O[C@H]1[C@@H](O)[C@H](F)c1ccccc1.